The van der Waals surface area contributed by atoms with Crippen LogP contribution in [0, 0.1) is 87.3 Å². The normalized spacial score (nSPS) is 11.6. The average Bonchev–Trinajstić information content (AvgIpc) is 3.66. The second kappa shape index (κ2) is 12.4. The Morgan fingerprint density at radius 2 is 0.660 bits per heavy atom. The highest BCUT2D eigenvalue weighted by molar-refractivity contribution is 6.10. The van der Waals surface area contributed by atoms with Crippen LogP contribution in [-0.4, -0.2) is 20.7 Å². The van der Waals surface area contributed by atoms with E-state index in [2.05, 4.69) is 0 Å². The van der Waals surface area contributed by atoms with Gasteiger partial charge in [-0.15, -0.1) is 0 Å². The summed E-state index contributed by atoms with van der Waals surface area (Å²) in [5.41, 5.74) is -9.16. The monoisotopic (exact) mass is 728 g/mol. The summed E-state index contributed by atoms with van der Waals surface area (Å²) in [6.07, 6.45) is 1.19. The van der Waals surface area contributed by atoms with Crippen molar-refractivity contribution in [2.24, 2.45) is 14.1 Å². The average molecular weight is 728 g/mol. The largest absolute Gasteiger partial charge is 0.353 e. The lowest BCUT2D eigenvalue weighted by Crippen LogP contribution is -2.18. The number of carbonyl (C=O) groups excluding carboxylic acids is 2. The van der Waals surface area contributed by atoms with Crippen molar-refractivity contribution in [3.8, 4) is 0 Å². The van der Waals surface area contributed by atoms with Gasteiger partial charge in [0.1, 0.15) is 11.1 Å². The van der Waals surface area contributed by atoms with E-state index in [1.807, 2.05) is 0 Å². The zero-order valence-corrected chi connectivity index (χ0v) is 24.3. The molecular weight excluding hydrogens is 717 g/mol. The van der Waals surface area contributed by atoms with E-state index >= 15 is 8.78 Å². The molecule has 0 saturated carbocycles. The topological polar surface area (TPSA) is 44.0 Å². The second-order valence-corrected chi connectivity index (χ2v) is 10.5. The minimum atomic E-state index is -2.65. The summed E-state index contributed by atoms with van der Waals surface area (Å²) in [7, 11) is 1.85. The molecule has 0 atom stereocenters. The Morgan fingerprint density at radius 1 is 0.420 bits per heavy atom. The van der Waals surface area contributed by atoms with Gasteiger partial charge in [-0.3, -0.25) is 9.59 Å². The number of halogens is 15. The highest BCUT2D eigenvalue weighted by Crippen LogP contribution is 2.40. The molecule has 262 valence electrons. The van der Waals surface area contributed by atoms with Crippen LogP contribution in [0.4, 0.5) is 65.9 Å². The maximum absolute atomic E-state index is 15.3. The van der Waals surface area contributed by atoms with E-state index in [0.29, 0.717) is 33.7 Å². The van der Waals surface area contributed by atoms with E-state index in [1.165, 1.54) is 0 Å². The molecule has 0 N–H and O–H groups in total. The van der Waals surface area contributed by atoms with Gasteiger partial charge in [0.2, 0.25) is 29.0 Å². The third-order valence-electron chi connectivity index (χ3n) is 7.61. The predicted molar refractivity (Wildman–Crippen MR) is 137 cm³/mol. The summed E-state index contributed by atoms with van der Waals surface area (Å²) in [5, 5.41) is 0. The summed E-state index contributed by atoms with van der Waals surface area (Å²) in [4.78, 5) is 26.1. The predicted octanol–water partition coefficient (Wildman–Crippen LogP) is 8.09. The highest BCUT2D eigenvalue weighted by atomic mass is 19.2. The van der Waals surface area contributed by atoms with Crippen molar-refractivity contribution in [3.05, 3.63) is 151 Å². The molecule has 0 unspecified atom stereocenters. The van der Waals surface area contributed by atoms with E-state index < -0.39 is 144 Å². The molecular formula is C31H11F15N2O2. The molecule has 5 aromatic rings. The van der Waals surface area contributed by atoms with Crippen molar-refractivity contribution in [3.63, 3.8) is 0 Å². The van der Waals surface area contributed by atoms with Crippen LogP contribution < -0.4 is 0 Å². The fourth-order valence-electron chi connectivity index (χ4n) is 5.21. The zero-order valence-electron chi connectivity index (χ0n) is 24.3. The number of nitrogens with zero attached hydrogens (tertiary/aromatic N) is 2. The minimum absolute atomic E-state index is 0.488. The number of aryl methyl sites for hydroxylation is 2. The maximum Gasteiger partial charge on any atom is 0.200 e. The van der Waals surface area contributed by atoms with Gasteiger partial charge in [-0.2, -0.15) is 0 Å². The van der Waals surface area contributed by atoms with Crippen molar-refractivity contribution in [2.75, 3.05) is 0 Å². The summed E-state index contributed by atoms with van der Waals surface area (Å²) < 4.78 is 215. The Morgan fingerprint density at radius 3 is 0.940 bits per heavy atom. The molecule has 0 aliphatic rings. The van der Waals surface area contributed by atoms with Gasteiger partial charge in [-0.05, 0) is 12.1 Å². The van der Waals surface area contributed by atoms with E-state index in [9.17, 15) is 66.7 Å². The van der Waals surface area contributed by atoms with Gasteiger partial charge in [-0.25, -0.2) is 65.9 Å². The number of benzene rings is 3. The molecule has 0 aliphatic heterocycles. The number of aromatic nitrogens is 2. The van der Waals surface area contributed by atoms with Crippen molar-refractivity contribution < 1.29 is 75.4 Å². The van der Waals surface area contributed by atoms with Gasteiger partial charge in [0, 0.05) is 54.6 Å². The number of hydrogen-bond donors (Lipinski definition) is 0. The smallest absolute Gasteiger partial charge is 0.200 e. The van der Waals surface area contributed by atoms with Crippen LogP contribution in [0.5, 0.6) is 0 Å². The Bertz CT molecular complexity index is 2100. The Kier molecular flexibility index (Phi) is 8.91. The van der Waals surface area contributed by atoms with Crippen molar-refractivity contribution in [1.82, 2.24) is 9.13 Å². The standard InChI is InChI=1S/C31H11F15N2O2/c1-47-5-7(30(49)13-17(34)23(40)28(45)24(41)18(13)35)3-9(47)11(12-15(32)21(38)27(44)22(39)16(12)33)10-4-8(6-48(10)2)31(50)14-19(36)25(42)29(46)26(43)20(14)37/h3-6,11H,1-2H3. The number of hydrogen-bond acceptors (Lipinski definition) is 2. The third kappa shape index (κ3) is 5.22. The molecule has 0 radical (unpaired) electrons. The van der Waals surface area contributed by atoms with Crippen LogP contribution in [0.15, 0.2) is 24.5 Å². The first-order valence-electron chi connectivity index (χ1n) is 13.2. The lowest BCUT2D eigenvalue weighted by molar-refractivity contribution is 0.101. The SMILES string of the molecule is Cn1cc(C(=O)c2c(F)c(F)c(F)c(F)c2F)cc1C(c1c(F)c(F)c(F)c(F)c1F)c1cc(C(=O)c2c(F)c(F)c(F)c(F)c2F)cn1C. The molecule has 0 bridgehead atoms. The summed E-state index contributed by atoms with van der Waals surface area (Å²) in [5.74, 6) is -44.7. The Balaban J connectivity index is 1.77. The van der Waals surface area contributed by atoms with E-state index in [1.54, 1.807) is 0 Å². The van der Waals surface area contributed by atoms with Gasteiger partial charge in [-0.1, -0.05) is 0 Å². The Hall–Kier alpha value is -5.49. The minimum Gasteiger partial charge on any atom is -0.353 e. The molecule has 5 rings (SSSR count). The fraction of sp³-hybridized carbons (Fsp3) is 0.0968. The number of ketones is 2. The van der Waals surface area contributed by atoms with Crippen molar-refractivity contribution >= 4 is 11.6 Å². The number of carbonyl (C=O) groups is 2. The number of rotatable bonds is 7. The molecule has 3 aromatic carbocycles. The summed E-state index contributed by atoms with van der Waals surface area (Å²) in [6.45, 7) is 0. The molecule has 19 heteroatoms. The van der Waals surface area contributed by atoms with Gasteiger partial charge < -0.3 is 9.13 Å². The van der Waals surface area contributed by atoms with Crippen LogP contribution in [-0.2, 0) is 14.1 Å². The van der Waals surface area contributed by atoms with E-state index in [0.717, 1.165) is 14.1 Å². The first kappa shape index (κ1) is 35.8. The van der Waals surface area contributed by atoms with E-state index in [-0.39, 0.29) is 0 Å². The first-order chi connectivity index (χ1) is 23.2. The molecule has 0 aliphatic carbocycles. The van der Waals surface area contributed by atoms with Crippen molar-refractivity contribution in [1.29, 1.82) is 0 Å². The van der Waals surface area contributed by atoms with Crippen molar-refractivity contribution in [2.45, 2.75) is 5.92 Å². The van der Waals surface area contributed by atoms with Crippen LogP contribution in [0.1, 0.15) is 54.7 Å². The zero-order chi connectivity index (χ0) is 37.4. The lowest BCUT2D eigenvalue weighted by atomic mass is 9.89. The summed E-state index contributed by atoms with van der Waals surface area (Å²) >= 11 is 0. The molecule has 0 fully saturated rings. The van der Waals surface area contributed by atoms with Crippen LogP contribution in [0.2, 0.25) is 0 Å². The highest BCUT2D eigenvalue weighted by Gasteiger charge is 2.38. The van der Waals surface area contributed by atoms with Crippen LogP contribution in [0.3, 0.4) is 0 Å². The summed E-state index contributed by atoms with van der Waals surface area (Å²) in [6, 6.07) is 0.975. The van der Waals surface area contributed by atoms with Gasteiger partial charge in [0.25, 0.3) is 0 Å². The molecule has 2 heterocycles. The second-order valence-electron chi connectivity index (χ2n) is 10.5. The van der Waals surface area contributed by atoms with Gasteiger partial charge in [0.15, 0.2) is 69.8 Å². The van der Waals surface area contributed by atoms with E-state index in [4.69, 9.17) is 0 Å². The molecule has 50 heavy (non-hydrogen) atoms. The first-order valence-corrected chi connectivity index (χ1v) is 13.2. The van der Waals surface area contributed by atoms with Gasteiger partial charge in [0.05, 0.1) is 5.92 Å². The Labute approximate surface area is 267 Å². The fourth-order valence-corrected chi connectivity index (χ4v) is 5.21. The lowest BCUT2D eigenvalue weighted by Gasteiger charge is -2.21. The molecule has 2 aromatic heterocycles. The molecule has 4 nitrogen and oxygen atoms in total. The maximum atomic E-state index is 15.3. The molecule has 0 saturated heterocycles. The quantitative estimate of drug-likeness (QED) is 0.0737. The third-order valence-corrected chi connectivity index (χ3v) is 7.61. The van der Waals surface area contributed by atoms with Crippen LogP contribution >= 0.6 is 0 Å². The molecule has 0 spiro atoms. The molecule has 0 amide bonds. The van der Waals surface area contributed by atoms with Crippen LogP contribution in [0.25, 0.3) is 0 Å². The van der Waals surface area contributed by atoms with Gasteiger partial charge >= 0.3 is 0 Å².